The highest BCUT2D eigenvalue weighted by Gasteiger charge is 2.30. The molecule has 0 aromatic rings. The molecule has 1 rings (SSSR count). The van der Waals surface area contributed by atoms with Gasteiger partial charge in [-0.2, -0.15) is 0 Å². The van der Waals surface area contributed by atoms with Gasteiger partial charge in [0.05, 0.1) is 6.54 Å². The summed E-state index contributed by atoms with van der Waals surface area (Å²) in [5, 5.41) is 2.89. The summed E-state index contributed by atoms with van der Waals surface area (Å²) in [5.41, 5.74) is 0. The van der Waals surface area contributed by atoms with Crippen molar-refractivity contribution < 1.29 is 13.6 Å². The lowest BCUT2D eigenvalue weighted by Crippen LogP contribution is -2.52. The van der Waals surface area contributed by atoms with Crippen molar-refractivity contribution in [1.82, 2.24) is 10.2 Å². The van der Waals surface area contributed by atoms with Gasteiger partial charge in [0.2, 0.25) is 5.91 Å². The average molecular weight is 276 g/mol. The summed E-state index contributed by atoms with van der Waals surface area (Å²) in [6.07, 6.45) is 0.674. The van der Waals surface area contributed by atoms with E-state index in [4.69, 9.17) is 0 Å². The highest BCUT2D eigenvalue weighted by atomic mass is 19.3. The third kappa shape index (κ3) is 5.43. The number of alkyl halides is 2. The molecule has 1 heterocycles. The summed E-state index contributed by atoms with van der Waals surface area (Å²) in [6.45, 7) is 6.93. The zero-order chi connectivity index (χ0) is 14.4. The van der Waals surface area contributed by atoms with E-state index in [1.807, 2.05) is 18.7 Å². The van der Waals surface area contributed by atoms with Gasteiger partial charge in [0.25, 0.3) is 6.43 Å². The van der Waals surface area contributed by atoms with Crippen LogP contribution < -0.4 is 5.32 Å². The van der Waals surface area contributed by atoms with Crippen LogP contribution in [0.15, 0.2) is 0 Å². The zero-order valence-corrected chi connectivity index (χ0v) is 12.2. The lowest BCUT2D eigenvalue weighted by atomic mass is 9.90. The van der Waals surface area contributed by atoms with Crippen molar-refractivity contribution in [1.29, 1.82) is 0 Å². The number of carbonyl (C=O) groups excluding carboxylic acids is 1. The van der Waals surface area contributed by atoms with Crippen LogP contribution in [0.25, 0.3) is 0 Å². The second-order valence-electron chi connectivity index (χ2n) is 5.78. The molecule has 112 valence electrons. The third-order valence-corrected chi connectivity index (χ3v) is 3.60. The maximum Gasteiger partial charge on any atom is 0.250 e. The number of hydrogen-bond donors (Lipinski definition) is 1. The molecule has 1 N–H and O–H groups in total. The predicted molar refractivity (Wildman–Crippen MR) is 72.2 cm³/mol. The number of nitrogens with zero attached hydrogens (tertiary/aromatic N) is 1. The fourth-order valence-electron chi connectivity index (χ4n) is 2.77. The van der Waals surface area contributed by atoms with Gasteiger partial charge in [-0.3, -0.25) is 4.79 Å². The van der Waals surface area contributed by atoms with Gasteiger partial charge in [-0.05, 0) is 18.8 Å². The number of hydrogen-bond acceptors (Lipinski definition) is 2. The molecule has 1 saturated heterocycles. The summed E-state index contributed by atoms with van der Waals surface area (Å²) in [5.74, 6) is 0.525. The van der Waals surface area contributed by atoms with Crippen molar-refractivity contribution in [2.45, 2.75) is 52.5 Å². The Morgan fingerprint density at radius 3 is 2.58 bits per heavy atom. The van der Waals surface area contributed by atoms with Crippen LogP contribution >= 0.6 is 0 Å². The minimum Gasteiger partial charge on any atom is -0.341 e. The third-order valence-electron chi connectivity index (χ3n) is 3.60. The molecule has 2 unspecified atom stereocenters. The van der Waals surface area contributed by atoms with E-state index >= 15 is 0 Å². The molecule has 1 amide bonds. The Morgan fingerprint density at radius 2 is 2.05 bits per heavy atom. The van der Waals surface area contributed by atoms with Crippen molar-refractivity contribution in [3.05, 3.63) is 0 Å². The van der Waals surface area contributed by atoms with Crippen molar-refractivity contribution >= 4 is 5.91 Å². The summed E-state index contributed by atoms with van der Waals surface area (Å²) in [4.78, 5) is 13.9. The quantitative estimate of drug-likeness (QED) is 0.808. The maximum atomic E-state index is 12.3. The second kappa shape index (κ2) is 7.78. The van der Waals surface area contributed by atoms with E-state index in [0.29, 0.717) is 12.5 Å². The van der Waals surface area contributed by atoms with E-state index < -0.39 is 6.43 Å². The topological polar surface area (TPSA) is 32.3 Å². The molecular formula is C14H26F2N2O. The number of likely N-dealkylation sites (tertiary alicyclic amines) is 1. The summed E-state index contributed by atoms with van der Waals surface area (Å²) in [6, 6.07) is 0.00185. The predicted octanol–water partition coefficient (Wildman–Crippen LogP) is 2.51. The summed E-state index contributed by atoms with van der Waals surface area (Å²) < 4.78 is 24.6. The van der Waals surface area contributed by atoms with Crippen molar-refractivity contribution in [2.24, 2.45) is 11.8 Å². The minimum atomic E-state index is -2.33. The molecule has 0 aromatic heterocycles. The number of rotatable bonds is 6. The van der Waals surface area contributed by atoms with Gasteiger partial charge in [-0.15, -0.1) is 0 Å². The molecule has 3 nitrogen and oxygen atoms in total. The van der Waals surface area contributed by atoms with Crippen molar-refractivity contribution in [3.8, 4) is 0 Å². The summed E-state index contributed by atoms with van der Waals surface area (Å²) in [7, 11) is 0. The Kier molecular flexibility index (Phi) is 6.69. The number of piperidine rings is 1. The van der Waals surface area contributed by atoms with E-state index in [1.165, 1.54) is 0 Å². The van der Waals surface area contributed by atoms with E-state index in [2.05, 4.69) is 12.2 Å². The van der Waals surface area contributed by atoms with Gasteiger partial charge in [0, 0.05) is 25.0 Å². The second-order valence-corrected chi connectivity index (χ2v) is 5.78. The zero-order valence-electron chi connectivity index (χ0n) is 12.2. The number of amides is 1. The first-order chi connectivity index (χ1) is 8.93. The number of halogens is 2. The molecule has 0 saturated carbocycles. The average Bonchev–Trinajstić information content (AvgIpc) is 2.35. The number of nitrogens with one attached hydrogen (secondary N) is 1. The van der Waals surface area contributed by atoms with Crippen molar-refractivity contribution in [2.75, 3.05) is 19.6 Å². The van der Waals surface area contributed by atoms with E-state index in [9.17, 15) is 13.6 Å². The minimum absolute atomic E-state index is 0.00185. The number of carbonyl (C=O) groups is 1. The molecule has 19 heavy (non-hydrogen) atoms. The fourth-order valence-corrected chi connectivity index (χ4v) is 2.77. The molecule has 5 heteroatoms. The Balaban J connectivity index is 2.59. The van der Waals surface area contributed by atoms with Crippen LogP contribution in [-0.2, 0) is 4.79 Å². The Bertz CT molecular complexity index is 285. The molecule has 1 aliphatic rings. The molecule has 2 atom stereocenters. The first-order valence-electron chi connectivity index (χ1n) is 7.24. The molecule has 0 aromatic carbocycles. The smallest absolute Gasteiger partial charge is 0.250 e. The van der Waals surface area contributed by atoms with Crippen LogP contribution in [-0.4, -0.2) is 42.9 Å². The van der Waals surface area contributed by atoms with Crippen LogP contribution in [0.4, 0.5) is 8.78 Å². The van der Waals surface area contributed by atoms with Crippen LogP contribution in [0.1, 0.15) is 40.0 Å². The van der Waals surface area contributed by atoms with Gasteiger partial charge in [-0.1, -0.05) is 27.2 Å². The maximum absolute atomic E-state index is 12.3. The molecular weight excluding hydrogens is 250 g/mol. The lowest BCUT2D eigenvalue weighted by Gasteiger charge is -2.39. The van der Waals surface area contributed by atoms with E-state index in [1.54, 1.807) is 0 Å². The molecule has 0 spiro atoms. The van der Waals surface area contributed by atoms with Crippen LogP contribution in [0, 0.1) is 11.8 Å². The first-order valence-corrected chi connectivity index (χ1v) is 7.24. The monoisotopic (exact) mass is 276 g/mol. The highest BCUT2D eigenvalue weighted by molar-refractivity contribution is 5.78. The van der Waals surface area contributed by atoms with Crippen molar-refractivity contribution in [3.63, 3.8) is 0 Å². The highest BCUT2D eigenvalue weighted by Crippen LogP contribution is 2.22. The van der Waals surface area contributed by atoms with Crippen LogP contribution in [0.5, 0.6) is 0 Å². The first kappa shape index (κ1) is 16.3. The van der Waals surface area contributed by atoms with Gasteiger partial charge < -0.3 is 10.2 Å². The SMILES string of the molecule is CCCC1CC(NCC(F)F)CN(C(=O)C(C)C)C1. The van der Waals surface area contributed by atoms with Gasteiger partial charge in [0.1, 0.15) is 0 Å². The Labute approximate surface area is 114 Å². The molecule has 0 bridgehead atoms. The molecule has 1 aliphatic heterocycles. The Hall–Kier alpha value is -0.710. The fraction of sp³-hybridized carbons (Fsp3) is 0.929. The Morgan fingerprint density at radius 1 is 1.37 bits per heavy atom. The molecule has 0 radical (unpaired) electrons. The van der Waals surface area contributed by atoms with E-state index in [-0.39, 0.29) is 24.4 Å². The van der Waals surface area contributed by atoms with E-state index in [0.717, 1.165) is 25.8 Å². The normalized spacial score (nSPS) is 24.3. The molecule has 0 aliphatic carbocycles. The van der Waals surface area contributed by atoms with Crippen LogP contribution in [0.2, 0.25) is 0 Å². The largest absolute Gasteiger partial charge is 0.341 e. The van der Waals surface area contributed by atoms with Gasteiger partial charge in [0.15, 0.2) is 0 Å². The van der Waals surface area contributed by atoms with Crippen LogP contribution in [0.3, 0.4) is 0 Å². The molecule has 1 fully saturated rings. The standard InChI is InChI=1S/C14H26F2N2O/c1-4-5-11-6-12(17-7-13(15)16)9-18(8-11)14(19)10(2)3/h10-13,17H,4-9H2,1-3H3. The van der Waals surface area contributed by atoms with Gasteiger partial charge >= 0.3 is 0 Å². The summed E-state index contributed by atoms with van der Waals surface area (Å²) >= 11 is 0. The van der Waals surface area contributed by atoms with Gasteiger partial charge in [-0.25, -0.2) is 8.78 Å². The lowest BCUT2D eigenvalue weighted by molar-refractivity contribution is -0.137.